The summed E-state index contributed by atoms with van der Waals surface area (Å²) in [5.74, 6) is 1.91. The Balaban J connectivity index is 2.70. The number of benzene rings is 1. The summed E-state index contributed by atoms with van der Waals surface area (Å²) in [5.41, 5.74) is 2.13. The first-order valence-electron chi connectivity index (χ1n) is 4.83. The molecular weight excluding hydrogens is 188 g/mol. The maximum absolute atomic E-state index is 11.2. The van der Waals surface area contributed by atoms with Crippen molar-refractivity contribution < 1.29 is 9.53 Å². The number of rotatable bonds is 3. The Labute approximate surface area is 90.3 Å². The molecule has 1 rings (SSSR count). The van der Waals surface area contributed by atoms with Crippen LogP contribution in [-0.4, -0.2) is 5.97 Å². The van der Waals surface area contributed by atoms with Crippen molar-refractivity contribution in [1.29, 1.82) is 0 Å². The second-order valence-electron chi connectivity index (χ2n) is 3.37. The highest BCUT2D eigenvalue weighted by Crippen LogP contribution is 2.20. The molecule has 0 fully saturated rings. The molecule has 0 bridgehead atoms. The van der Waals surface area contributed by atoms with Gasteiger partial charge in [-0.3, -0.25) is 4.79 Å². The molecule has 0 aliphatic rings. The van der Waals surface area contributed by atoms with Crippen LogP contribution in [0.4, 0.5) is 0 Å². The maximum Gasteiger partial charge on any atom is 0.318 e. The number of hydrogen-bond acceptors (Lipinski definition) is 2. The first-order valence-corrected chi connectivity index (χ1v) is 4.83. The average Bonchev–Trinajstić information content (AvgIpc) is 2.18. The van der Waals surface area contributed by atoms with Crippen LogP contribution in [0.25, 0.3) is 0 Å². The van der Waals surface area contributed by atoms with Crippen molar-refractivity contribution in [3.05, 3.63) is 35.4 Å². The number of carbonyl (C=O) groups is 1. The highest BCUT2D eigenvalue weighted by molar-refractivity contribution is 5.72. The lowest BCUT2D eigenvalue weighted by Gasteiger charge is -2.14. The standard InChI is InChI=1S/C13H14O2/c1-4-7-13(14)15-11(3)12-9-6-5-8-10(12)2/h1,5-6,8-9,11H,7H2,2-3H3. The molecule has 0 amide bonds. The molecule has 0 aliphatic heterocycles. The minimum atomic E-state index is -0.353. The summed E-state index contributed by atoms with van der Waals surface area (Å²) < 4.78 is 5.18. The topological polar surface area (TPSA) is 26.3 Å². The van der Waals surface area contributed by atoms with Crippen LogP contribution in [-0.2, 0) is 9.53 Å². The highest BCUT2D eigenvalue weighted by atomic mass is 16.5. The predicted molar refractivity (Wildman–Crippen MR) is 59.1 cm³/mol. The van der Waals surface area contributed by atoms with E-state index in [9.17, 15) is 4.79 Å². The van der Waals surface area contributed by atoms with Gasteiger partial charge in [0.1, 0.15) is 12.5 Å². The van der Waals surface area contributed by atoms with Crippen molar-refractivity contribution >= 4 is 5.97 Å². The van der Waals surface area contributed by atoms with E-state index < -0.39 is 0 Å². The zero-order valence-corrected chi connectivity index (χ0v) is 8.99. The van der Waals surface area contributed by atoms with Gasteiger partial charge in [0.25, 0.3) is 0 Å². The lowest BCUT2D eigenvalue weighted by Crippen LogP contribution is -2.08. The van der Waals surface area contributed by atoms with Crippen LogP contribution >= 0.6 is 0 Å². The van der Waals surface area contributed by atoms with Crippen molar-refractivity contribution in [2.75, 3.05) is 0 Å². The van der Waals surface area contributed by atoms with E-state index in [1.165, 1.54) is 0 Å². The lowest BCUT2D eigenvalue weighted by molar-refractivity contribution is -0.147. The van der Waals surface area contributed by atoms with Crippen molar-refractivity contribution in [1.82, 2.24) is 0 Å². The number of terminal acetylenes is 1. The molecule has 1 aromatic carbocycles. The summed E-state index contributed by atoms with van der Waals surface area (Å²) in [6, 6.07) is 7.81. The van der Waals surface area contributed by atoms with Gasteiger partial charge in [-0.25, -0.2) is 0 Å². The van der Waals surface area contributed by atoms with Gasteiger partial charge in [-0.05, 0) is 25.0 Å². The maximum atomic E-state index is 11.2. The summed E-state index contributed by atoms with van der Waals surface area (Å²) in [6.45, 7) is 3.83. The van der Waals surface area contributed by atoms with Gasteiger partial charge in [0.05, 0.1) is 0 Å². The van der Waals surface area contributed by atoms with Crippen LogP contribution in [0.2, 0.25) is 0 Å². The third-order valence-corrected chi connectivity index (χ3v) is 2.18. The second-order valence-corrected chi connectivity index (χ2v) is 3.37. The molecule has 1 unspecified atom stereocenters. The van der Waals surface area contributed by atoms with Gasteiger partial charge in [0.2, 0.25) is 0 Å². The van der Waals surface area contributed by atoms with E-state index in [0.29, 0.717) is 0 Å². The number of carbonyl (C=O) groups excluding carboxylic acids is 1. The van der Waals surface area contributed by atoms with Crippen molar-refractivity contribution in [3.63, 3.8) is 0 Å². The molecule has 0 N–H and O–H groups in total. The quantitative estimate of drug-likeness (QED) is 0.556. The van der Waals surface area contributed by atoms with E-state index in [2.05, 4.69) is 5.92 Å². The number of esters is 1. The monoisotopic (exact) mass is 202 g/mol. The summed E-state index contributed by atoms with van der Waals surface area (Å²) in [7, 11) is 0. The van der Waals surface area contributed by atoms with E-state index >= 15 is 0 Å². The summed E-state index contributed by atoms with van der Waals surface area (Å²) >= 11 is 0. The molecule has 1 aromatic rings. The van der Waals surface area contributed by atoms with Gasteiger partial charge in [0.15, 0.2) is 0 Å². The van der Waals surface area contributed by atoms with Crippen molar-refractivity contribution in [2.24, 2.45) is 0 Å². The van der Waals surface area contributed by atoms with Gasteiger partial charge < -0.3 is 4.74 Å². The first kappa shape index (κ1) is 11.3. The second kappa shape index (κ2) is 5.21. The average molecular weight is 202 g/mol. The van der Waals surface area contributed by atoms with Crippen LogP contribution in [0, 0.1) is 19.3 Å². The fourth-order valence-electron chi connectivity index (χ4n) is 1.43. The smallest absolute Gasteiger partial charge is 0.318 e. The Kier molecular flexibility index (Phi) is 3.93. The van der Waals surface area contributed by atoms with E-state index in [-0.39, 0.29) is 18.5 Å². The summed E-state index contributed by atoms with van der Waals surface area (Å²) in [4.78, 5) is 11.2. The molecule has 0 aliphatic carbocycles. The fraction of sp³-hybridized carbons (Fsp3) is 0.308. The molecule has 0 aromatic heterocycles. The third-order valence-electron chi connectivity index (χ3n) is 2.18. The van der Waals surface area contributed by atoms with Gasteiger partial charge in [-0.15, -0.1) is 6.42 Å². The fourth-order valence-corrected chi connectivity index (χ4v) is 1.43. The highest BCUT2D eigenvalue weighted by Gasteiger charge is 2.11. The number of ether oxygens (including phenoxy) is 1. The lowest BCUT2D eigenvalue weighted by atomic mass is 10.0. The molecule has 0 spiro atoms. The van der Waals surface area contributed by atoms with Gasteiger partial charge in [-0.1, -0.05) is 30.2 Å². The van der Waals surface area contributed by atoms with Gasteiger partial charge >= 0.3 is 5.97 Å². The van der Waals surface area contributed by atoms with E-state index in [4.69, 9.17) is 11.2 Å². The Morgan fingerprint density at radius 2 is 2.20 bits per heavy atom. The first-order chi connectivity index (χ1) is 7.15. The Bertz CT molecular complexity index is 388. The van der Waals surface area contributed by atoms with E-state index in [0.717, 1.165) is 11.1 Å². The van der Waals surface area contributed by atoms with E-state index in [1.807, 2.05) is 38.1 Å². The molecule has 1 atom stereocenters. The van der Waals surface area contributed by atoms with Gasteiger partial charge in [0, 0.05) is 0 Å². The van der Waals surface area contributed by atoms with Crippen LogP contribution in [0.1, 0.15) is 30.6 Å². The summed E-state index contributed by atoms with van der Waals surface area (Å²) in [5, 5.41) is 0. The number of aryl methyl sites for hydroxylation is 1. The molecule has 2 nitrogen and oxygen atoms in total. The minimum Gasteiger partial charge on any atom is -0.457 e. The normalized spacial score (nSPS) is 11.5. The minimum absolute atomic E-state index is 0.0240. The molecule has 0 radical (unpaired) electrons. The van der Waals surface area contributed by atoms with Crippen molar-refractivity contribution in [2.45, 2.75) is 26.4 Å². The Hall–Kier alpha value is -1.75. The predicted octanol–water partition coefficient (Wildman–Crippen LogP) is 2.62. The number of hydrogen-bond donors (Lipinski definition) is 0. The van der Waals surface area contributed by atoms with Crippen LogP contribution in [0.5, 0.6) is 0 Å². The van der Waals surface area contributed by atoms with Crippen LogP contribution in [0.15, 0.2) is 24.3 Å². The van der Waals surface area contributed by atoms with E-state index in [1.54, 1.807) is 0 Å². The molecule has 0 heterocycles. The molecule has 2 heteroatoms. The Morgan fingerprint density at radius 3 is 2.80 bits per heavy atom. The van der Waals surface area contributed by atoms with Crippen LogP contribution in [0.3, 0.4) is 0 Å². The zero-order valence-electron chi connectivity index (χ0n) is 8.99. The molecule has 0 saturated carbocycles. The van der Waals surface area contributed by atoms with Crippen LogP contribution < -0.4 is 0 Å². The third kappa shape index (κ3) is 3.14. The zero-order chi connectivity index (χ0) is 11.3. The molecule has 0 saturated heterocycles. The van der Waals surface area contributed by atoms with Crippen molar-refractivity contribution in [3.8, 4) is 12.3 Å². The SMILES string of the molecule is C#CCC(=O)OC(C)c1ccccc1C. The largest absolute Gasteiger partial charge is 0.457 e. The molecule has 15 heavy (non-hydrogen) atoms. The Morgan fingerprint density at radius 1 is 1.53 bits per heavy atom. The molecule has 78 valence electrons. The summed E-state index contributed by atoms with van der Waals surface area (Å²) in [6.07, 6.45) is 4.80. The van der Waals surface area contributed by atoms with Gasteiger partial charge in [-0.2, -0.15) is 0 Å². The molecular formula is C13H14O2.